The second kappa shape index (κ2) is 9.61. The van der Waals surface area contributed by atoms with E-state index in [9.17, 15) is 4.79 Å². The molecule has 0 saturated heterocycles. The van der Waals surface area contributed by atoms with Crippen LogP contribution in [0.15, 0.2) is 24.3 Å². The third-order valence-corrected chi connectivity index (χ3v) is 2.64. The molecule has 0 aliphatic carbocycles. The molecule has 1 amide bonds. The maximum atomic E-state index is 11.4. The van der Waals surface area contributed by atoms with Gasteiger partial charge in [0, 0.05) is 14.1 Å². The summed E-state index contributed by atoms with van der Waals surface area (Å²) in [5.41, 5.74) is 1.21. The Morgan fingerprint density at radius 3 is 2.65 bits per heavy atom. The maximum absolute atomic E-state index is 11.4. The molecule has 5 heteroatoms. The summed E-state index contributed by atoms with van der Waals surface area (Å²) in [6.45, 7) is 5.20. The van der Waals surface area contributed by atoms with Crippen LogP contribution in [0.5, 0.6) is 5.75 Å². The number of carbonyl (C=O) groups excluding carboxylic acids is 1. The van der Waals surface area contributed by atoms with Gasteiger partial charge in [0.2, 0.25) is 5.91 Å². The van der Waals surface area contributed by atoms with E-state index in [1.165, 1.54) is 5.56 Å². The fourth-order valence-corrected chi connectivity index (χ4v) is 1.63. The van der Waals surface area contributed by atoms with Crippen molar-refractivity contribution < 1.29 is 9.53 Å². The standard InChI is InChI=1S/C15H24N2O2.ClH/c1-12(2)19-14-7-5-6-13(10-14)8-9-16-11-15(18)17(3)4;/h5-7,10,12,16H,8-9,11H2,1-4H3;1H. The van der Waals surface area contributed by atoms with Gasteiger partial charge in [-0.1, -0.05) is 12.1 Å². The molecule has 20 heavy (non-hydrogen) atoms. The van der Waals surface area contributed by atoms with Gasteiger partial charge in [0.1, 0.15) is 5.75 Å². The van der Waals surface area contributed by atoms with Gasteiger partial charge < -0.3 is 15.0 Å². The Morgan fingerprint density at radius 2 is 2.05 bits per heavy atom. The molecule has 0 aromatic heterocycles. The molecule has 0 fully saturated rings. The molecule has 114 valence electrons. The lowest BCUT2D eigenvalue weighted by Gasteiger charge is -2.12. The van der Waals surface area contributed by atoms with Crippen LogP contribution < -0.4 is 10.1 Å². The van der Waals surface area contributed by atoms with Crippen LogP contribution in [0.2, 0.25) is 0 Å². The highest BCUT2D eigenvalue weighted by molar-refractivity contribution is 5.85. The number of benzene rings is 1. The summed E-state index contributed by atoms with van der Waals surface area (Å²) in [5.74, 6) is 0.994. The fourth-order valence-electron chi connectivity index (χ4n) is 1.63. The molecule has 1 N–H and O–H groups in total. The van der Waals surface area contributed by atoms with E-state index in [0.29, 0.717) is 6.54 Å². The van der Waals surface area contributed by atoms with E-state index in [1.807, 2.05) is 26.0 Å². The molecule has 0 aliphatic heterocycles. The van der Waals surface area contributed by atoms with Gasteiger partial charge in [-0.05, 0) is 44.5 Å². The fraction of sp³-hybridized carbons (Fsp3) is 0.533. The monoisotopic (exact) mass is 300 g/mol. The quantitative estimate of drug-likeness (QED) is 0.784. The third-order valence-electron chi connectivity index (χ3n) is 2.64. The normalized spacial score (nSPS) is 10.1. The Hall–Kier alpha value is -1.26. The molecule has 0 saturated carbocycles. The number of hydrogen-bond donors (Lipinski definition) is 1. The van der Waals surface area contributed by atoms with Gasteiger partial charge in [0.25, 0.3) is 0 Å². The van der Waals surface area contributed by atoms with Gasteiger partial charge in [0.05, 0.1) is 12.6 Å². The summed E-state index contributed by atoms with van der Waals surface area (Å²) < 4.78 is 5.65. The van der Waals surface area contributed by atoms with Crippen LogP contribution in [0, 0.1) is 0 Å². The Balaban J connectivity index is 0.00000361. The number of rotatable bonds is 7. The number of hydrogen-bond acceptors (Lipinski definition) is 3. The van der Waals surface area contributed by atoms with Crippen molar-refractivity contribution in [1.29, 1.82) is 0 Å². The van der Waals surface area contributed by atoms with Crippen molar-refractivity contribution in [2.75, 3.05) is 27.2 Å². The van der Waals surface area contributed by atoms with E-state index < -0.39 is 0 Å². The highest BCUT2D eigenvalue weighted by Gasteiger charge is 2.03. The number of likely N-dealkylation sites (N-methyl/N-ethyl adjacent to an activating group) is 1. The maximum Gasteiger partial charge on any atom is 0.236 e. The lowest BCUT2D eigenvalue weighted by Crippen LogP contribution is -2.33. The molecule has 1 aromatic rings. The highest BCUT2D eigenvalue weighted by atomic mass is 35.5. The zero-order valence-electron chi connectivity index (χ0n) is 12.7. The second-order valence-electron chi connectivity index (χ2n) is 5.03. The molecule has 1 rings (SSSR count). The molecular weight excluding hydrogens is 276 g/mol. The average molecular weight is 301 g/mol. The molecule has 0 unspecified atom stereocenters. The van der Waals surface area contributed by atoms with Gasteiger partial charge in [-0.25, -0.2) is 0 Å². The molecule has 0 heterocycles. The van der Waals surface area contributed by atoms with Crippen molar-refractivity contribution in [3.8, 4) is 5.75 Å². The van der Waals surface area contributed by atoms with E-state index >= 15 is 0 Å². The highest BCUT2D eigenvalue weighted by Crippen LogP contribution is 2.15. The topological polar surface area (TPSA) is 41.6 Å². The van der Waals surface area contributed by atoms with Crippen molar-refractivity contribution >= 4 is 18.3 Å². The van der Waals surface area contributed by atoms with Gasteiger partial charge in [-0.15, -0.1) is 12.4 Å². The van der Waals surface area contributed by atoms with Crippen LogP contribution in [0.25, 0.3) is 0 Å². The van der Waals surface area contributed by atoms with Crippen molar-refractivity contribution in [3.63, 3.8) is 0 Å². The zero-order valence-corrected chi connectivity index (χ0v) is 13.5. The SMILES string of the molecule is CC(C)Oc1cccc(CCNCC(=O)N(C)C)c1.Cl. The number of amides is 1. The first-order chi connectivity index (χ1) is 8.99. The van der Waals surface area contributed by atoms with E-state index in [2.05, 4.69) is 17.4 Å². The van der Waals surface area contributed by atoms with Gasteiger partial charge >= 0.3 is 0 Å². The molecule has 0 atom stereocenters. The van der Waals surface area contributed by atoms with Gasteiger partial charge in [0.15, 0.2) is 0 Å². The van der Waals surface area contributed by atoms with Crippen LogP contribution in [0.3, 0.4) is 0 Å². The van der Waals surface area contributed by atoms with E-state index in [0.717, 1.165) is 18.7 Å². The zero-order chi connectivity index (χ0) is 14.3. The summed E-state index contributed by atoms with van der Waals surface area (Å²) in [5, 5.41) is 3.14. The minimum Gasteiger partial charge on any atom is -0.491 e. The molecule has 4 nitrogen and oxygen atoms in total. The van der Waals surface area contributed by atoms with Crippen molar-refractivity contribution in [2.45, 2.75) is 26.4 Å². The van der Waals surface area contributed by atoms with Crippen LogP contribution >= 0.6 is 12.4 Å². The lowest BCUT2D eigenvalue weighted by atomic mass is 10.1. The van der Waals surface area contributed by atoms with Crippen LogP contribution in [-0.4, -0.2) is 44.1 Å². The summed E-state index contributed by atoms with van der Waals surface area (Å²) in [4.78, 5) is 13.0. The predicted molar refractivity (Wildman–Crippen MR) is 84.7 cm³/mol. The first-order valence-corrected chi connectivity index (χ1v) is 6.65. The minimum absolute atomic E-state index is 0. The number of nitrogens with one attached hydrogen (secondary N) is 1. The lowest BCUT2D eigenvalue weighted by molar-refractivity contribution is -0.127. The molecule has 0 aliphatic rings. The number of carbonyl (C=O) groups is 1. The third kappa shape index (κ3) is 7.36. The van der Waals surface area contributed by atoms with Crippen molar-refractivity contribution in [1.82, 2.24) is 10.2 Å². The first kappa shape index (κ1) is 18.7. The smallest absolute Gasteiger partial charge is 0.236 e. The average Bonchev–Trinajstić information content (AvgIpc) is 2.34. The summed E-state index contributed by atoms with van der Waals surface area (Å²) in [7, 11) is 3.52. The molecular formula is C15H25ClN2O2. The van der Waals surface area contributed by atoms with E-state index in [4.69, 9.17) is 4.74 Å². The second-order valence-corrected chi connectivity index (χ2v) is 5.03. The minimum atomic E-state index is 0. The number of ether oxygens (including phenoxy) is 1. The van der Waals surface area contributed by atoms with E-state index in [1.54, 1.807) is 19.0 Å². The van der Waals surface area contributed by atoms with Crippen LogP contribution in [0.1, 0.15) is 19.4 Å². The predicted octanol–water partition coefficient (Wildman–Crippen LogP) is 2.12. The van der Waals surface area contributed by atoms with Crippen LogP contribution in [0.4, 0.5) is 0 Å². The first-order valence-electron chi connectivity index (χ1n) is 6.65. The molecule has 0 spiro atoms. The Bertz CT molecular complexity index is 409. The largest absolute Gasteiger partial charge is 0.491 e. The molecule has 1 aromatic carbocycles. The van der Waals surface area contributed by atoms with Gasteiger partial charge in [-0.2, -0.15) is 0 Å². The molecule has 0 bridgehead atoms. The van der Waals surface area contributed by atoms with Crippen molar-refractivity contribution in [3.05, 3.63) is 29.8 Å². The van der Waals surface area contributed by atoms with Crippen molar-refractivity contribution in [2.24, 2.45) is 0 Å². The van der Waals surface area contributed by atoms with E-state index in [-0.39, 0.29) is 24.4 Å². The number of halogens is 1. The van der Waals surface area contributed by atoms with Gasteiger partial charge in [-0.3, -0.25) is 4.79 Å². The van der Waals surface area contributed by atoms with Crippen LogP contribution in [-0.2, 0) is 11.2 Å². The molecule has 0 radical (unpaired) electrons. The Kier molecular flexibility index (Phi) is 9.01. The number of nitrogens with zero attached hydrogens (tertiary/aromatic N) is 1. The summed E-state index contributed by atoms with van der Waals surface area (Å²) in [6, 6.07) is 8.09. The Labute approximate surface area is 127 Å². The summed E-state index contributed by atoms with van der Waals surface area (Å²) in [6.07, 6.45) is 1.07. The summed E-state index contributed by atoms with van der Waals surface area (Å²) >= 11 is 0. The Morgan fingerprint density at radius 1 is 1.35 bits per heavy atom.